The Bertz CT molecular complexity index is 296. The van der Waals surface area contributed by atoms with E-state index >= 15 is 0 Å². The summed E-state index contributed by atoms with van der Waals surface area (Å²) in [6.45, 7) is 3.45. The van der Waals surface area contributed by atoms with E-state index in [1.165, 1.54) is 6.20 Å². The van der Waals surface area contributed by atoms with E-state index in [4.69, 9.17) is 10.5 Å². The predicted molar refractivity (Wildman–Crippen MR) is 51.9 cm³/mol. The number of aromatic nitrogens is 2. The van der Waals surface area contributed by atoms with E-state index in [-0.39, 0.29) is 5.97 Å². The number of hydrogen-bond donors (Lipinski definition) is 1. The Hall–Kier alpha value is -1.36. The van der Waals surface area contributed by atoms with Gasteiger partial charge in [0.25, 0.3) is 0 Å². The Morgan fingerprint density at radius 3 is 3.14 bits per heavy atom. The van der Waals surface area contributed by atoms with Crippen LogP contribution in [0.2, 0.25) is 0 Å². The smallest absolute Gasteiger partial charge is 0.356 e. The number of hydrogen-bond acceptors (Lipinski definition) is 4. The number of nitrogens with zero attached hydrogens (tertiary/aromatic N) is 2. The second kappa shape index (κ2) is 5.39. The average molecular weight is 197 g/mol. The highest BCUT2D eigenvalue weighted by atomic mass is 16.5. The highest BCUT2D eigenvalue weighted by Gasteiger charge is 2.11. The predicted octanol–water partition coefficient (Wildman–Crippen LogP) is 0.409. The van der Waals surface area contributed by atoms with Gasteiger partial charge in [0.05, 0.1) is 19.1 Å². The van der Waals surface area contributed by atoms with Gasteiger partial charge in [0.1, 0.15) is 5.69 Å². The highest BCUT2D eigenvalue weighted by molar-refractivity contribution is 5.87. The lowest BCUT2D eigenvalue weighted by Gasteiger charge is -2.05. The summed E-state index contributed by atoms with van der Waals surface area (Å²) in [5.74, 6) is -0.331. The number of nitrogens with two attached hydrogens (primary N) is 1. The summed E-state index contributed by atoms with van der Waals surface area (Å²) in [6, 6.07) is 0. The first kappa shape index (κ1) is 10.7. The average Bonchev–Trinajstić information content (AvgIpc) is 2.63. The van der Waals surface area contributed by atoms with Gasteiger partial charge in [-0.15, -0.1) is 0 Å². The van der Waals surface area contributed by atoms with E-state index in [9.17, 15) is 4.79 Å². The molecule has 0 spiro atoms. The van der Waals surface area contributed by atoms with Crippen molar-refractivity contribution in [2.45, 2.75) is 19.9 Å². The molecular weight excluding hydrogens is 182 g/mol. The maximum absolute atomic E-state index is 11.4. The van der Waals surface area contributed by atoms with Crippen molar-refractivity contribution in [2.75, 3.05) is 13.2 Å². The molecule has 0 saturated carbocycles. The molecule has 0 aliphatic carbocycles. The van der Waals surface area contributed by atoms with Gasteiger partial charge in [0.15, 0.2) is 0 Å². The number of carbonyl (C=O) groups is 1. The minimum atomic E-state index is -0.331. The molecule has 2 N–H and O–H groups in total. The molecule has 5 heteroatoms. The highest BCUT2D eigenvalue weighted by Crippen LogP contribution is 2.02. The molecule has 1 rings (SSSR count). The number of aryl methyl sites for hydroxylation is 1. The second-order valence-electron chi connectivity index (χ2n) is 2.83. The molecule has 5 nitrogen and oxygen atoms in total. The number of carbonyl (C=O) groups excluding carboxylic acids is 1. The summed E-state index contributed by atoms with van der Waals surface area (Å²) in [5.41, 5.74) is 5.87. The van der Waals surface area contributed by atoms with Crippen molar-refractivity contribution >= 4 is 5.97 Å². The van der Waals surface area contributed by atoms with Crippen LogP contribution in [0.5, 0.6) is 0 Å². The molecule has 1 aromatic rings. The van der Waals surface area contributed by atoms with Crippen LogP contribution in [0.15, 0.2) is 12.5 Å². The lowest BCUT2D eigenvalue weighted by atomic mass is 10.4. The van der Waals surface area contributed by atoms with Crippen molar-refractivity contribution in [1.29, 1.82) is 0 Å². The van der Waals surface area contributed by atoms with Gasteiger partial charge >= 0.3 is 5.97 Å². The van der Waals surface area contributed by atoms with Crippen molar-refractivity contribution in [1.82, 2.24) is 9.55 Å². The fourth-order valence-corrected chi connectivity index (χ4v) is 1.14. The summed E-state index contributed by atoms with van der Waals surface area (Å²) in [6.07, 6.45) is 3.94. The third kappa shape index (κ3) is 2.56. The van der Waals surface area contributed by atoms with E-state index in [1.807, 2.05) is 0 Å². The fourth-order valence-electron chi connectivity index (χ4n) is 1.14. The maximum atomic E-state index is 11.4. The first-order valence-corrected chi connectivity index (χ1v) is 4.67. The third-order valence-electron chi connectivity index (χ3n) is 1.80. The first-order chi connectivity index (χ1) is 6.79. The van der Waals surface area contributed by atoms with E-state index < -0.39 is 0 Å². The summed E-state index contributed by atoms with van der Waals surface area (Å²) < 4.78 is 6.63. The molecule has 0 aliphatic rings. The van der Waals surface area contributed by atoms with Gasteiger partial charge in [-0.3, -0.25) is 0 Å². The normalized spacial score (nSPS) is 10.1. The van der Waals surface area contributed by atoms with E-state index in [1.54, 1.807) is 17.8 Å². The van der Waals surface area contributed by atoms with Crippen LogP contribution in [0.25, 0.3) is 0 Å². The van der Waals surface area contributed by atoms with Crippen LogP contribution >= 0.6 is 0 Å². The van der Waals surface area contributed by atoms with Gasteiger partial charge in [-0.05, 0) is 19.9 Å². The standard InChI is InChI=1S/C9H15N3O2/c1-2-14-9(13)8-6-11-7-12(8)5-3-4-10/h6-7H,2-5,10H2,1H3. The summed E-state index contributed by atoms with van der Waals surface area (Å²) >= 11 is 0. The molecule has 0 radical (unpaired) electrons. The monoisotopic (exact) mass is 197 g/mol. The molecule has 0 amide bonds. The molecule has 0 aromatic carbocycles. The minimum Gasteiger partial charge on any atom is -0.461 e. The van der Waals surface area contributed by atoms with Gasteiger partial charge in [-0.2, -0.15) is 0 Å². The van der Waals surface area contributed by atoms with Crippen LogP contribution in [0, 0.1) is 0 Å². The van der Waals surface area contributed by atoms with Crippen LogP contribution in [0.1, 0.15) is 23.8 Å². The molecular formula is C9H15N3O2. The van der Waals surface area contributed by atoms with E-state index in [0.717, 1.165) is 6.42 Å². The zero-order valence-corrected chi connectivity index (χ0v) is 8.27. The molecule has 78 valence electrons. The van der Waals surface area contributed by atoms with Crippen molar-refractivity contribution < 1.29 is 9.53 Å². The van der Waals surface area contributed by atoms with E-state index in [2.05, 4.69) is 4.98 Å². The molecule has 0 atom stereocenters. The zero-order chi connectivity index (χ0) is 10.4. The van der Waals surface area contributed by atoms with Crippen LogP contribution in [0.4, 0.5) is 0 Å². The molecule has 0 aliphatic heterocycles. The van der Waals surface area contributed by atoms with Crippen molar-refractivity contribution in [3.05, 3.63) is 18.2 Å². The Kier molecular flexibility index (Phi) is 4.12. The lowest BCUT2D eigenvalue weighted by Crippen LogP contribution is -2.13. The van der Waals surface area contributed by atoms with Crippen molar-refractivity contribution in [3.63, 3.8) is 0 Å². The molecule has 0 bridgehead atoms. The molecule has 14 heavy (non-hydrogen) atoms. The zero-order valence-electron chi connectivity index (χ0n) is 8.27. The van der Waals surface area contributed by atoms with Crippen molar-refractivity contribution in [2.24, 2.45) is 5.73 Å². The van der Waals surface area contributed by atoms with Gasteiger partial charge < -0.3 is 15.0 Å². The largest absolute Gasteiger partial charge is 0.461 e. The lowest BCUT2D eigenvalue weighted by molar-refractivity contribution is 0.0513. The Morgan fingerprint density at radius 1 is 1.71 bits per heavy atom. The maximum Gasteiger partial charge on any atom is 0.356 e. The fraction of sp³-hybridized carbons (Fsp3) is 0.556. The topological polar surface area (TPSA) is 70.1 Å². The van der Waals surface area contributed by atoms with Crippen molar-refractivity contribution in [3.8, 4) is 0 Å². The SMILES string of the molecule is CCOC(=O)c1cncn1CCCN. The Labute approximate surface area is 82.9 Å². The Morgan fingerprint density at radius 2 is 2.50 bits per heavy atom. The first-order valence-electron chi connectivity index (χ1n) is 4.67. The van der Waals surface area contributed by atoms with Crippen LogP contribution in [-0.2, 0) is 11.3 Å². The van der Waals surface area contributed by atoms with Crippen LogP contribution in [-0.4, -0.2) is 28.7 Å². The Balaban J connectivity index is 2.66. The number of ether oxygens (including phenoxy) is 1. The van der Waals surface area contributed by atoms with Gasteiger partial charge in [0, 0.05) is 6.54 Å². The van der Waals surface area contributed by atoms with Crippen LogP contribution < -0.4 is 5.73 Å². The van der Waals surface area contributed by atoms with E-state index in [0.29, 0.717) is 25.4 Å². The van der Waals surface area contributed by atoms with Crippen LogP contribution in [0.3, 0.4) is 0 Å². The number of esters is 1. The third-order valence-corrected chi connectivity index (χ3v) is 1.80. The van der Waals surface area contributed by atoms with Gasteiger partial charge in [0.2, 0.25) is 0 Å². The molecule has 1 heterocycles. The molecule has 1 aromatic heterocycles. The number of rotatable bonds is 5. The van der Waals surface area contributed by atoms with Gasteiger partial charge in [-0.25, -0.2) is 9.78 Å². The summed E-state index contributed by atoms with van der Waals surface area (Å²) in [5, 5.41) is 0. The molecule has 0 unspecified atom stereocenters. The summed E-state index contributed by atoms with van der Waals surface area (Å²) in [7, 11) is 0. The van der Waals surface area contributed by atoms with Gasteiger partial charge in [-0.1, -0.05) is 0 Å². The summed E-state index contributed by atoms with van der Waals surface area (Å²) in [4.78, 5) is 15.3. The second-order valence-corrected chi connectivity index (χ2v) is 2.83. The number of imidazole rings is 1. The minimum absolute atomic E-state index is 0.331. The molecule has 0 saturated heterocycles. The quantitative estimate of drug-likeness (QED) is 0.694. The molecule has 0 fully saturated rings.